The van der Waals surface area contributed by atoms with E-state index in [0.717, 1.165) is 4.90 Å². The normalized spacial score (nSPS) is 20.9. The number of rotatable bonds is 4. The van der Waals surface area contributed by atoms with Gasteiger partial charge in [-0.1, -0.05) is 20.8 Å². The molecule has 0 N–H and O–H groups in total. The fraction of sp³-hybridized carbons (Fsp3) is 0.706. The molecule has 8 nitrogen and oxygen atoms in total. The summed E-state index contributed by atoms with van der Waals surface area (Å²) >= 11 is 0. The molecule has 0 aromatic carbocycles. The largest absolute Gasteiger partial charge is 0.464 e. The quantitative estimate of drug-likeness (QED) is 0.416. The molecular formula is C17H29NO7Si. The van der Waals surface area contributed by atoms with Crippen molar-refractivity contribution < 1.29 is 33.0 Å². The van der Waals surface area contributed by atoms with Crippen LogP contribution in [0.25, 0.3) is 0 Å². The predicted octanol–water partition coefficient (Wildman–Crippen LogP) is 2.45. The van der Waals surface area contributed by atoms with E-state index in [1.807, 2.05) is 0 Å². The highest BCUT2D eigenvalue weighted by Gasteiger charge is 2.45. The molecule has 0 saturated carbocycles. The molecule has 1 amide bonds. The van der Waals surface area contributed by atoms with E-state index >= 15 is 0 Å². The second-order valence-electron chi connectivity index (χ2n) is 7.61. The summed E-state index contributed by atoms with van der Waals surface area (Å²) in [6.07, 6.45) is -0.762. The summed E-state index contributed by atoms with van der Waals surface area (Å²) in [5.41, 5.74) is -0.0410. The maximum Gasteiger partial charge on any atom is 0.414 e. The van der Waals surface area contributed by atoms with Gasteiger partial charge in [-0.25, -0.2) is 9.59 Å². The molecular weight excluding hydrogens is 358 g/mol. The predicted molar refractivity (Wildman–Crippen MR) is 96.8 cm³/mol. The van der Waals surface area contributed by atoms with E-state index in [9.17, 15) is 14.4 Å². The second-order valence-corrected chi connectivity index (χ2v) is 12.4. The summed E-state index contributed by atoms with van der Waals surface area (Å²) in [7, 11) is 0.195. The Kier molecular flexibility index (Phi) is 7.00. The van der Waals surface area contributed by atoms with Crippen molar-refractivity contribution in [1.29, 1.82) is 0 Å². The van der Waals surface area contributed by atoms with E-state index < -0.39 is 38.6 Å². The second kappa shape index (κ2) is 8.21. The maximum atomic E-state index is 12.1. The fourth-order valence-corrected chi connectivity index (χ4v) is 3.58. The van der Waals surface area contributed by atoms with Crippen molar-refractivity contribution in [3.05, 3.63) is 11.8 Å². The lowest BCUT2D eigenvalue weighted by Crippen LogP contribution is -2.55. The molecule has 9 heteroatoms. The van der Waals surface area contributed by atoms with Crippen LogP contribution in [0.15, 0.2) is 11.8 Å². The average Bonchev–Trinajstić information content (AvgIpc) is 2.52. The van der Waals surface area contributed by atoms with E-state index in [-0.39, 0.29) is 17.3 Å². The van der Waals surface area contributed by atoms with E-state index in [4.69, 9.17) is 18.6 Å². The van der Waals surface area contributed by atoms with E-state index in [1.54, 1.807) is 0 Å². The van der Waals surface area contributed by atoms with Gasteiger partial charge in [-0.2, -0.15) is 0 Å². The number of amides is 1. The van der Waals surface area contributed by atoms with Gasteiger partial charge < -0.3 is 18.6 Å². The van der Waals surface area contributed by atoms with Crippen LogP contribution in [-0.4, -0.2) is 64.2 Å². The summed E-state index contributed by atoms with van der Waals surface area (Å²) in [4.78, 5) is 36.9. The molecule has 0 fully saturated rings. The van der Waals surface area contributed by atoms with Crippen LogP contribution in [0.2, 0.25) is 18.1 Å². The zero-order chi connectivity index (χ0) is 20.3. The van der Waals surface area contributed by atoms with Gasteiger partial charge in [0.05, 0.1) is 20.8 Å². The molecule has 0 unspecified atom stereocenters. The monoisotopic (exact) mass is 387 g/mol. The lowest BCUT2D eigenvalue weighted by Gasteiger charge is -2.43. The third kappa shape index (κ3) is 5.07. The Balaban J connectivity index is 3.31. The van der Waals surface area contributed by atoms with Crippen LogP contribution in [-0.2, 0) is 28.2 Å². The number of ether oxygens (including phenoxy) is 3. The zero-order valence-corrected chi connectivity index (χ0v) is 17.7. The molecule has 1 aliphatic rings. The Hall–Kier alpha value is -1.87. The van der Waals surface area contributed by atoms with Crippen LogP contribution in [0.3, 0.4) is 0 Å². The standard InChI is InChI=1S/C17H29NO7Si/c1-11(19)24-13-9-12(15(20)22-5)18(16(21)23-6)10-14(13)25-26(7,8)17(2,3)4/h9,13-14H,10H2,1-8H3/t13-,14-/m1/s1. The Bertz CT molecular complexity index is 594. The van der Waals surface area contributed by atoms with E-state index in [2.05, 4.69) is 33.9 Å². The van der Waals surface area contributed by atoms with Crippen LogP contribution in [0.5, 0.6) is 0 Å². The molecule has 0 spiro atoms. The number of esters is 2. The minimum atomic E-state index is -2.23. The molecule has 0 radical (unpaired) electrons. The number of hydrogen-bond donors (Lipinski definition) is 0. The van der Waals surface area contributed by atoms with Gasteiger partial charge in [-0.15, -0.1) is 0 Å². The average molecular weight is 388 g/mol. The van der Waals surface area contributed by atoms with Crippen molar-refractivity contribution in [1.82, 2.24) is 4.90 Å². The number of carbonyl (C=O) groups is 3. The summed E-state index contributed by atoms with van der Waals surface area (Å²) in [5, 5.41) is -0.0871. The number of nitrogens with zero attached hydrogens (tertiary/aromatic N) is 1. The Morgan fingerprint density at radius 1 is 1.15 bits per heavy atom. The lowest BCUT2D eigenvalue weighted by atomic mass is 10.1. The van der Waals surface area contributed by atoms with Gasteiger partial charge in [-0.3, -0.25) is 9.69 Å². The highest BCUT2D eigenvalue weighted by atomic mass is 28.4. The minimum Gasteiger partial charge on any atom is -0.464 e. The van der Waals surface area contributed by atoms with Gasteiger partial charge in [0.2, 0.25) is 0 Å². The van der Waals surface area contributed by atoms with Crippen molar-refractivity contribution in [2.24, 2.45) is 0 Å². The minimum absolute atomic E-state index is 0.0120. The summed E-state index contributed by atoms with van der Waals surface area (Å²) in [5.74, 6) is -1.23. The molecule has 148 valence electrons. The molecule has 1 aliphatic heterocycles. The summed E-state index contributed by atoms with van der Waals surface area (Å²) < 4.78 is 21.2. The smallest absolute Gasteiger partial charge is 0.414 e. The maximum absolute atomic E-state index is 12.1. The number of methoxy groups -OCH3 is 2. The highest BCUT2D eigenvalue weighted by molar-refractivity contribution is 6.74. The Morgan fingerprint density at radius 3 is 2.15 bits per heavy atom. The van der Waals surface area contributed by atoms with Crippen molar-refractivity contribution in [2.45, 2.75) is 58.0 Å². The van der Waals surface area contributed by atoms with Crippen LogP contribution in [0, 0.1) is 0 Å². The molecule has 0 saturated heterocycles. The zero-order valence-electron chi connectivity index (χ0n) is 16.7. The first-order valence-electron chi connectivity index (χ1n) is 8.34. The fourth-order valence-electron chi connectivity index (χ4n) is 2.26. The van der Waals surface area contributed by atoms with Gasteiger partial charge in [0.1, 0.15) is 17.9 Å². The van der Waals surface area contributed by atoms with Gasteiger partial charge >= 0.3 is 18.0 Å². The van der Waals surface area contributed by atoms with Crippen molar-refractivity contribution in [3.8, 4) is 0 Å². The summed E-state index contributed by atoms with van der Waals surface area (Å²) in [6.45, 7) is 11.6. The Labute approximate surface area is 155 Å². The van der Waals surface area contributed by atoms with Gasteiger partial charge in [0.15, 0.2) is 8.32 Å². The van der Waals surface area contributed by atoms with E-state index in [1.165, 1.54) is 27.2 Å². The molecule has 1 rings (SSSR count). The molecule has 1 heterocycles. The molecule has 0 aliphatic carbocycles. The van der Waals surface area contributed by atoms with Crippen molar-refractivity contribution in [3.63, 3.8) is 0 Å². The first-order chi connectivity index (χ1) is 11.8. The molecule has 0 aromatic heterocycles. The van der Waals surface area contributed by atoms with Crippen LogP contribution in [0.1, 0.15) is 27.7 Å². The topological polar surface area (TPSA) is 91.4 Å². The van der Waals surface area contributed by atoms with Crippen LogP contribution in [0.4, 0.5) is 4.79 Å². The highest BCUT2D eigenvalue weighted by Crippen LogP contribution is 2.38. The third-order valence-corrected chi connectivity index (χ3v) is 9.19. The van der Waals surface area contributed by atoms with Gasteiger partial charge in [-0.05, 0) is 24.2 Å². The first kappa shape index (κ1) is 22.2. The molecule has 0 aromatic rings. The molecule has 0 bridgehead atoms. The van der Waals surface area contributed by atoms with Crippen LogP contribution >= 0.6 is 0 Å². The van der Waals surface area contributed by atoms with Crippen molar-refractivity contribution >= 4 is 26.3 Å². The van der Waals surface area contributed by atoms with Crippen molar-refractivity contribution in [2.75, 3.05) is 20.8 Å². The summed E-state index contributed by atoms with van der Waals surface area (Å²) in [6, 6.07) is 0. The lowest BCUT2D eigenvalue weighted by molar-refractivity contribution is -0.150. The molecule has 2 atom stereocenters. The van der Waals surface area contributed by atoms with Gasteiger partial charge in [0.25, 0.3) is 0 Å². The van der Waals surface area contributed by atoms with Crippen LogP contribution < -0.4 is 0 Å². The third-order valence-electron chi connectivity index (χ3n) is 4.69. The SMILES string of the molecule is COC(=O)C1=C[C@@H](OC(C)=O)[C@H](O[Si](C)(C)C(C)(C)C)CN1C(=O)OC. The number of hydrogen-bond acceptors (Lipinski definition) is 7. The van der Waals surface area contributed by atoms with Gasteiger partial charge in [0, 0.05) is 6.92 Å². The molecule has 26 heavy (non-hydrogen) atoms. The number of carbonyl (C=O) groups excluding carboxylic acids is 3. The Morgan fingerprint density at radius 2 is 1.73 bits per heavy atom. The first-order valence-corrected chi connectivity index (χ1v) is 11.3. The van der Waals surface area contributed by atoms with E-state index in [0.29, 0.717) is 0 Å².